The van der Waals surface area contributed by atoms with Gasteiger partial charge in [-0.3, -0.25) is 9.59 Å². The molecule has 0 fully saturated rings. The maximum atomic E-state index is 12.1. The lowest BCUT2D eigenvalue weighted by molar-refractivity contribution is -0.138. The van der Waals surface area contributed by atoms with Crippen LogP contribution < -0.4 is 0 Å². The fraction of sp³-hybridized carbons (Fsp3) is 0.125. The number of imide groups is 1. The third-order valence-electron chi connectivity index (χ3n) is 2.94. The standard InChI is InChI=1S/C16H12N2O4/c1-2-22-16(21)11(10-17)6-5-9-18-14(19)12-7-3-4-8-13(12)15(18)20/h3-9H,2H2,1H3/b9-5+,11-6-. The summed E-state index contributed by atoms with van der Waals surface area (Å²) in [5.74, 6) is -1.64. The SMILES string of the molecule is CCOC(=O)/C(C#N)=C\C=C\N1C(=O)c2ccccc2C1=O. The molecule has 2 rings (SSSR count). The number of nitriles is 1. The van der Waals surface area contributed by atoms with Gasteiger partial charge in [0, 0.05) is 6.20 Å². The molecule has 0 bridgehead atoms. The number of carbonyl (C=O) groups is 3. The van der Waals surface area contributed by atoms with Crippen LogP contribution in [0.4, 0.5) is 0 Å². The summed E-state index contributed by atoms with van der Waals surface area (Å²) in [5.41, 5.74) is 0.439. The largest absolute Gasteiger partial charge is 0.462 e. The van der Waals surface area contributed by atoms with Gasteiger partial charge < -0.3 is 4.74 Å². The van der Waals surface area contributed by atoms with Gasteiger partial charge >= 0.3 is 5.97 Å². The normalized spacial score (nSPS) is 14.2. The first-order valence-electron chi connectivity index (χ1n) is 6.52. The average Bonchev–Trinajstić information content (AvgIpc) is 2.77. The van der Waals surface area contributed by atoms with E-state index in [1.165, 1.54) is 18.4 Å². The number of nitrogens with zero attached hydrogens (tertiary/aromatic N) is 2. The van der Waals surface area contributed by atoms with Crippen molar-refractivity contribution in [1.29, 1.82) is 5.26 Å². The van der Waals surface area contributed by atoms with Crippen molar-refractivity contribution < 1.29 is 19.1 Å². The molecule has 0 unspecified atom stereocenters. The van der Waals surface area contributed by atoms with Crippen LogP contribution in [0.5, 0.6) is 0 Å². The van der Waals surface area contributed by atoms with E-state index in [4.69, 9.17) is 10.00 Å². The molecular formula is C16H12N2O4. The molecule has 0 aromatic heterocycles. The second-order valence-electron chi connectivity index (χ2n) is 4.28. The Hall–Kier alpha value is -3.20. The van der Waals surface area contributed by atoms with Gasteiger partial charge in [0.15, 0.2) is 0 Å². The number of allylic oxidation sites excluding steroid dienone is 2. The third kappa shape index (κ3) is 2.79. The molecule has 0 atom stereocenters. The minimum Gasteiger partial charge on any atom is -0.462 e. The van der Waals surface area contributed by atoms with E-state index in [1.54, 1.807) is 37.3 Å². The molecule has 0 aliphatic carbocycles. The van der Waals surface area contributed by atoms with Crippen molar-refractivity contribution in [3.05, 3.63) is 59.3 Å². The molecule has 6 heteroatoms. The van der Waals surface area contributed by atoms with Crippen LogP contribution in [0.3, 0.4) is 0 Å². The number of carbonyl (C=O) groups excluding carboxylic acids is 3. The zero-order valence-corrected chi connectivity index (χ0v) is 11.8. The number of fused-ring (bicyclic) bond motifs is 1. The van der Waals surface area contributed by atoms with Gasteiger partial charge in [-0.05, 0) is 31.2 Å². The van der Waals surface area contributed by atoms with Crippen LogP contribution in [0, 0.1) is 11.3 Å². The highest BCUT2D eigenvalue weighted by molar-refractivity contribution is 6.22. The Kier molecular flexibility index (Phi) is 4.49. The summed E-state index contributed by atoms with van der Waals surface area (Å²) in [6.07, 6.45) is 3.71. The Balaban J connectivity index is 2.19. The molecule has 0 radical (unpaired) electrons. The molecule has 2 amide bonds. The zero-order chi connectivity index (χ0) is 16.1. The van der Waals surface area contributed by atoms with E-state index in [0.29, 0.717) is 11.1 Å². The molecule has 110 valence electrons. The molecule has 0 spiro atoms. The second-order valence-corrected chi connectivity index (χ2v) is 4.28. The predicted molar refractivity (Wildman–Crippen MR) is 76.4 cm³/mol. The number of amides is 2. The maximum Gasteiger partial charge on any atom is 0.348 e. The Morgan fingerprint density at radius 2 is 1.86 bits per heavy atom. The molecule has 22 heavy (non-hydrogen) atoms. The van der Waals surface area contributed by atoms with Crippen molar-refractivity contribution in [2.75, 3.05) is 6.61 Å². The number of hydrogen-bond donors (Lipinski definition) is 0. The summed E-state index contributed by atoms with van der Waals surface area (Å²) in [4.78, 5) is 36.5. The van der Waals surface area contributed by atoms with Crippen LogP contribution in [0.2, 0.25) is 0 Å². The Labute approximate surface area is 126 Å². The molecule has 1 aromatic rings. The fourth-order valence-electron chi connectivity index (χ4n) is 1.93. The van der Waals surface area contributed by atoms with Gasteiger partial charge in [0.25, 0.3) is 11.8 Å². The van der Waals surface area contributed by atoms with E-state index in [2.05, 4.69) is 0 Å². The molecule has 1 aliphatic rings. The van der Waals surface area contributed by atoms with Crippen LogP contribution >= 0.6 is 0 Å². The summed E-state index contributed by atoms with van der Waals surface area (Å²) >= 11 is 0. The molecule has 1 aromatic carbocycles. The van der Waals surface area contributed by atoms with E-state index < -0.39 is 17.8 Å². The van der Waals surface area contributed by atoms with Crippen molar-refractivity contribution in [3.63, 3.8) is 0 Å². The van der Waals surface area contributed by atoms with Crippen LogP contribution in [-0.2, 0) is 9.53 Å². The quantitative estimate of drug-likeness (QED) is 0.278. The van der Waals surface area contributed by atoms with Crippen LogP contribution in [0.1, 0.15) is 27.6 Å². The van der Waals surface area contributed by atoms with E-state index in [-0.39, 0.29) is 12.2 Å². The molecule has 1 heterocycles. The van der Waals surface area contributed by atoms with Crippen LogP contribution in [-0.4, -0.2) is 29.3 Å². The highest BCUT2D eigenvalue weighted by atomic mass is 16.5. The van der Waals surface area contributed by atoms with Crippen molar-refractivity contribution in [2.24, 2.45) is 0 Å². The topological polar surface area (TPSA) is 87.5 Å². The van der Waals surface area contributed by atoms with E-state index in [9.17, 15) is 14.4 Å². The number of hydrogen-bond acceptors (Lipinski definition) is 5. The monoisotopic (exact) mass is 296 g/mol. The number of rotatable bonds is 4. The molecule has 0 saturated carbocycles. The molecular weight excluding hydrogens is 284 g/mol. The lowest BCUT2D eigenvalue weighted by atomic mass is 10.1. The smallest absolute Gasteiger partial charge is 0.348 e. The maximum absolute atomic E-state index is 12.1. The summed E-state index contributed by atoms with van der Waals surface area (Å²) in [7, 11) is 0. The van der Waals surface area contributed by atoms with Gasteiger partial charge in [-0.15, -0.1) is 0 Å². The van der Waals surface area contributed by atoms with Crippen molar-refractivity contribution >= 4 is 17.8 Å². The second kappa shape index (κ2) is 6.50. The summed E-state index contributed by atoms with van der Waals surface area (Å²) < 4.78 is 4.70. The van der Waals surface area contributed by atoms with Crippen LogP contribution in [0.25, 0.3) is 0 Å². The number of esters is 1. The summed E-state index contributed by atoms with van der Waals surface area (Å²) in [5, 5.41) is 8.86. The molecule has 1 aliphatic heterocycles. The first-order valence-corrected chi connectivity index (χ1v) is 6.52. The van der Waals surface area contributed by atoms with Crippen LogP contribution in [0.15, 0.2) is 48.2 Å². The lowest BCUT2D eigenvalue weighted by Crippen LogP contribution is -2.23. The molecule has 0 N–H and O–H groups in total. The number of benzene rings is 1. The minimum atomic E-state index is -0.753. The van der Waals surface area contributed by atoms with E-state index in [1.807, 2.05) is 0 Å². The Morgan fingerprint density at radius 1 is 1.27 bits per heavy atom. The first kappa shape index (κ1) is 15.2. The van der Waals surface area contributed by atoms with Gasteiger partial charge in [-0.25, -0.2) is 9.69 Å². The van der Waals surface area contributed by atoms with Gasteiger partial charge in [-0.2, -0.15) is 5.26 Å². The Morgan fingerprint density at radius 3 is 2.36 bits per heavy atom. The number of ether oxygens (including phenoxy) is 1. The van der Waals surface area contributed by atoms with Gasteiger partial charge in [0.1, 0.15) is 11.6 Å². The molecule has 6 nitrogen and oxygen atoms in total. The first-order chi connectivity index (χ1) is 10.6. The van der Waals surface area contributed by atoms with Crippen molar-refractivity contribution in [2.45, 2.75) is 6.92 Å². The van der Waals surface area contributed by atoms with Crippen molar-refractivity contribution in [3.8, 4) is 6.07 Å². The zero-order valence-electron chi connectivity index (χ0n) is 11.8. The summed E-state index contributed by atoms with van der Waals surface area (Å²) in [6, 6.07) is 8.18. The highest BCUT2D eigenvalue weighted by Crippen LogP contribution is 2.22. The molecule has 0 saturated heterocycles. The summed E-state index contributed by atoms with van der Waals surface area (Å²) in [6.45, 7) is 1.78. The predicted octanol–water partition coefficient (Wildman–Crippen LogP) is 1.81. The Bertz CT molecular complexity index is 706. The fourth-order valence-corrected chi connectivity index (χ4v) is 1.93. The van der Waals surface area contributed by atoms with E-state index >= 15 is 0 Å². The average molecular weight is 296 g/mol. The lowest BCUT2D eigenvalue weighted by Gasteiger charge is -2.05. The minimum absolute atomic E-state index is 0.153. The third-order valence-corrected chi connectivity index (χ3v) is 2.94. The van der Waals surface area contributed by atoms with Gasteiger partial charge in [0.2, 0.25) is 0 Å². The van der Waals surface area contributed by atoms with Crippen molar-refractivity contribution in [1.82, 2.24) is 4.90 Å². The highest BCUT2D eigenvalue weighted by Gasteiger charge is 2.33. The van der Waals surface area contributed by atoms with E-state index in [0.717, 1.165) is 4.90 Å². The van der Waals surface area contributed by atoms with Gasteiger partial charge in [-0.1, -0.05) is 12.1 Å². The van der Waals surface area contributed by atoms with Gasteiger partial charge in [0.05, 0.1) is 17.7 Å².